The van der Waals surface area contributed by atoms with Gasteiger partial charge in [-0.1, -0.05) is 0 Å². The number of rotatable bonds is 4. The lowest BCUT2D eigenvalue weighted by Crippen LogP contribution is -2.48. The highest BCUT2D eigenvalue weighted by Gasteiger charge is 2.40. The third kappa shape index (κ3) is 2.51. The van der Waals surface area contributed by atoms with Crippen LogP contribution in [0.2, 0.25) is 0 Å². The fourth-order valence-electron chi connectivity index (χ4n) is 1.82. The van der Waals surface area contributed by atoms with E-state index in [1.54, 1.807) is 14.0 Å². The molecule has 0 saturated carbocycles. The molecular formula is C10H18N2O4. The molecule has 0 aromatic heterocycles. The number of carbonyl (C=O) groups excluding carboxylic acids is 1. The standard InChI is InChI=1S/C10H18N2O4/c1-6(11-2)9(13)12-5-7(16-3)4-8(12)10(14)15/h6-8,11H,4-5H2,1-3H3,(H,14,15). The van der Waals surface area contributed by atoms with Crippen LogP contribution in [0.4, 0.5) is 0 Å². The number of nitrogens with one attached hydrogen (secondary N) is 1. The fraction of sp³-hybridized carbons (Fsp3) is 0.800. The Hall–Kier alpha value is -1.14. The molecule has 6 heteroatoms. The summed E-state index contributed by atoms with van der Waals surface area (Å²) in [6.45, 7) is 2.06. The minimum Gasteiger partial charge on any atom is -0.480 e. The topological polar surface area (TPSA) is 78.9 Å². The molecule has 1 rings (SSSR count). The molecule has 1 aliphatic rings. The maximum absolute atomic E-state index is 11.9. The van der Waals surface area contributed by atoms with Crippen LogP contribution in [-0.2, 0) is 14.3 Å². The number of carbonyl (C=O) groups is 2. The van der Waals surface area contributed by atoms with E-state index in [0.29, 0.717) is 13.0 Å². The lowest BCUT2D eigenvalue weighted by atomic mass is 10.2. The third-order valence-electron chi connectivity index (χ3n) is 2.97. The number of nitrogens with zero attached hydrogens (tertiary/aromatic N) is 1. The molecule has 1 saturated heterocycles. The van der Waals surface area contributed by atoms with Crippen molar-refractivity contribution in [3.05, 3.63) is 0 Å². The predicted molar refractivity (Wildman–Crippen MR) is 57.1 cm³/mol. The van der Waals surface area contributed by atoms with Crippen LogP contribution in [0, 0.1) is 0 Å². The van der Waals surface area contributed by atoms with Crippen molar-refractivity contribution in [3.8, 4) is 0 Å². The van der Waals surface area contributed by atoms with E-state index in [1.165, 1.54) is 12.0 Å². The minimum absolute atomic E-state index is 0.186. The molecule has 3 unspecified atom stereocenters. The molecule has 16 heavy (non-hydrogen) atoms. The normalized spacial score (nSPS) is 26.8. The van der Waals surface area contributed by atoms with Gasteiger partial charge >= 0.3 is 5.97 Å². The van der Waals surface area contributed by atoms with E-state index in [9.17, 15) is 9.59 Å². The summed E-state index contributed by atoms with van der Waals surface area (Å²) < 4.78 is 5.11. The largest absolute Gasteiger partial charge is 0.480 e. The number of carboxylic acid groups (broad SMARTS) is 1. The number of likely N-dealkylation sites (tertiary alicyclic amines) is 1. The zero-order chi connectivity index (χ0) is 12.3. The Kier molecular flexibility index (Phi) is 4.26. The second kappa shape index (κ2) is 5.27. The summed E-state index contributed by atoms with van der Waals surface area (Å²) in [5.74, 6) is -1.18. The first-order valence-corrected chi connectivity index (χ1v) is 5.24. The first-order chi connectivity index (χ1) is 7.51. The van der Waals surface area contributed by atoms with Gasteiger partial charge in [0, 0.05) is 20.1 Å². The molecule has 92 valence electrons. The van der Waals surface area contributed by atoms with Crippen molar-refractivity contribution < 1.29 is 19.4 Å². The Balaban J connectivity index is 2.76. The molecule has 1 fully saturated rings. The summed E-state index contributed by atoms with van der Waals surface area (Å²) in [6, 6.07) is -1.15. The van der Waals surface area contributed by atoms with Gasteiger partial charge in [0.25, 0.3) is 0 Å². The van der Waals surface area contributed by atoms with Gasteiger partial charge in [0.15, 0.2) is 0 Å². The summed E-state index contributed by atoms with van der Waals surface area (Å²) in [6.07, 6.45) is 0.169. The Labute approximate surface area is 94.6 Å². The van der Waals surface area contributed by atoms with Crippen LogP contribution in [0.15, 0.2) is 0 Å². The van der Waals surface area contributed by atoms with Crippen molar-refractivity contribution in [1.82, 2.24) is 10.2 Å². The summed E-state index contributed by atoms with van der Waals surface area (Å²) in [5, 5.41) is 11.8. The van der Waals surface area contributed by atoms with Gasteiger partial charge < -0.3 is 20.1 Å². The number of hydrogen-bond acceptors (Lipinski definition) is 4. The highest BCUT2D eigenvalue weighted by Crippen LogP contribution is 2.21. The molecule has 6 nitrogen and oxygen atoms in total. The fourth-order valence-corrected chi connectivity index (χ4v) is 1.82. The van der Waals surface area contributed by atoms with Crippen molar-refractivity contribution >= 4 is 11.9 Å². The lowest BCUT2D eigenvalue weighted by Gasteiger charge is -2.24. The maximum atomic E-state index is 11.9. The smallest absolute Gasteiger partial charge is 0.326 e. The summed E-state index contributed by atoms with van der Waals surface area (Å²) >= 11 is 0. The lowest BCUT2D eigenvalue weighted by molar-refractivity contribution is -0.148. The molecule has 1 amide bonds. The number of likely N-dealkylation sites (N-methyl/N-ethyl adjacent to an activating group) is 1. The van der Waals surface area contributed by atoms with Gasteiger partial charge in [-0.3, -0.25) is 4.79 Å². The SMILES string of the molecule is CNC(C)C(=O)N1CC(OC)CC1C(=O)O. The van der Waals surface area contributed by atoms with E-state index in [-0.39, 0.29) is 18.1 Å². The molecule has 2 N–H and O–H groups in total. The van der Waals surface area contributed by atoms with Crippen LogP contribution < -0.4 is 5.32 Å². The molecule has 0 spiro atoms. The van der Waals surface area contributed by atoms with Crippen LogP contribution in [0.5, 0.6) is 0 Å². The van der Waals surface area contributed by atoms with E-state index in [1.807, 2.05) is 0 Å². The number of amides is 1. The monoisotopic (exact) mass is 230 g/mol. The van der Waals surface area contributed by atoms with Crippen molar-refractivity contribution in [1.29, 1.82) is 0 Å². The van der Waals surface area contributed by atoms with Crippen LogP contribution in [-0.4, -0.2) is 60.8 Å². The van der Waals surface area contributed by atoms with Crippen LogP contribution in [0.3, 0.4) is 0 Å². The molecule has 0 bridgehead atoms. The molecule has 0 aromatic rings. The summed E-state index contributed by atoms with van der Waals surface area (Å²) in [5.41, 5.74) is 0. The third-order valence-corrected chi connectivity index (χ3v) is 2.97. The first-order valence-electron chi connectivity index (χ1n) is 5.24. The number of methoxy groups -OCH3 is 1. The Morgan fingerprint density at radius 1 is 1.56 bits per heavy atom. The minimum atomic E-state index is -0.976. The van der Waals surface area contributed by atoms with Gasteiger partial charge in [0.1, 0.15) is 6.04 Å². The number of ether oxygens (including phenoxy) is 1. The Morgan fingerprint density at radius 2 is 2.19 bits per heavy atom. The van der Waals surface area contributed by atoms with Crippen LogP contribution in [0.1, 0.15) is 13.3 Å². The Morgan fingerprint density at radius 3 is 2.62 bits per heavy atom. The molecule has 3 atom stereocenters. The summed E-state index contributed by atoms with van der Waals surface area (Å²) in [7, 11) is 3.20. The zero-order valence-electron chi connectivity index (χ0n) is 9.77. The average molecular weight is 230 g/mol. The molecule has 0 aliphatic carbocycles. The van der Waals surface area contributed by atoms with Gasteiger partial charge in [-0.05, 0) is 14.0 Å². The van der Waals surface area contributed by atoms with Crippen molar-refractivity contribution in [2.24, 2.45) is 0 Å². The van der Waals surface area contributed by atoms with Crippen molar-refractivity contribution in [2.75, 3.05) is 20.7 Å². The van der Waals surface area contributed by atoms with Gasteiger partial charge in [0.05, 0.1) is 12.1 Å². The highest BCUT2D eigenvalue weighted by molar-refractivity contribution is 5.87. The van der Waals surface area contributed by atoms with Crippen molar-refractivity contribution in [2.45, 2.75) is 31.5 Å². The van der Waals surface area contributed by atoms with E-state index < -0.39 is 12.0 Å². The van der Waals surface area contributed by atoms with E-state index in [4.69, 9.17) is 9.84 Å². The Bertz CT molecular complexity index is 282. The molecule has 0 radical (unpaired) electrons. The van der Waals surface area contributed by atoms with Gasteiger partial charge in [-0.2, -0.15) is 0 Å². The number of aliphatic carboxylic acids is 1. The van der Waals surface area contributed by atoms with E-state index >= 15 is 0 Å². The van der Waals surface area contributed by atoms with Gasteiger partial charge in [-0.25, -0.2) is 4.79 Å². The zero-order valence-corrected chi connectivity index (χ0v) is 9.77. The molecule has 1 aliphatic heterocycles. The predicted octanol–water partition coefficient (Wildman–Crippen LogP) is -0.705. The second-order valence-corrected chi connectivity index (χ2v) is 3.95. The second-order valence-electron chi connectivity index (χ2n) is 3.95. The van der Waals surface area contributed by atoms with E-state index in [2.05, 4.69) is 5.32 Å². The number of carboxylic acids is 1. The van der Waals surface area contributed by atoms with Crippen molar-refractivity contribution in [3.63, 3.8) is 0 Å². The molecule has 0 aromatic carbocycles. The van der Waals surface area contributed by atoms with Crippen LogP contribution in [0.25, 0.3) is 0 Å². The van der Waals surface area contributed by atoms with Crippen LogP contribution >= 0.6 is 0 Å². The summed E-state index contributed by atoms with van der Waals surface area (Å²) in [4.78, 5) is 24.3. The average Bonchev–Trinajstić information content (AvgIpc) is 2.71. The first kappa shape index (κ1) is 12.9. The maximum Gasteiger partial charge on any atom is 0.326 e. The van der Waals surface area contributed by atoms with Gasteiger partial charge in [0.2, 0.25) is 5.91 Å². The highest BCUT2D eigenvalue weighted by atomic mass is 16.5. The molecule has 1 heterocycles. The molecular weight excluding hydrogens is 212 g/mol. The number of hydrogen-bond donors (Lipinski definition) is 2. The van der Waals surface area contributed by atoms with E-state index in [0.717, 1.165) is 0 Å². The van der Waals surface area contributed by atoms with Gasteiger partial charge in [-0.15, -0.1) is 0 Å². The quantitative estimate of drug-likeness (QED) is 0.667.